The van der Waals surface area contributed by atoms with Crippen molar-refractivity contribution in [3.8, 4) is 0 Å². The van der Waals surface area contributed by atoms with Crippen LogP contribution in [0.5, 0.6) is 0 Å². The van der Waals surface area contributed by atoms with E-state index >= 15 is 0 Å². The van der Waals surface area contributed by atoms with Crippen LogP contribution < -0.4 is 0 Å². The number of alkyl halides is 1. The summed E-state index contributed by atoms with van der Waals surface area (Å²) in [7, 11) is 0. The molecule has 0 bridgehead atoms. The third kappa shape index (κ3) is 4.43. The monoisotopic (exact) mass is 299 g/mol. The lowest BCUT2D eigenvalue weighted by Gasteiger charge is -2.30. The second-order valence-electron chi connectivity index (χ2n) is 4.39. The largest absolute Gasteiger partial charge is 0.334 e. The molecule has 0 fully saturated rings. The van der Waals surface area contributed by atoms with Crippen LogP contribution in [0.4, 0.5) is 0 Å². The standard InChI is InChI=1S/C15H22ClNOS/c1-4-13(5-2)17(11-10-16)15(18)12-6-8-14(19-3)9-7-12/h6-9,13H,4-5,10-11H2,1-3H3. The zero-order valence-corrected chi connectivity index (χ0v) is 13.4. The zero-order chi connectivity index (χ0) is 14.3. The van der Waals surface area contributed by atoms with E-state index in [9.17, 15) is 4.79 Å². The predicted octanol–water partition coefficient (Wildman–Crippen LogP) is 4.28. The Morgan fingerprint density at radius 1 is 1.26 bits per heavy atom. The number of benzene rings is 1. The molecule has 0 aliphatic heterocycles. The maximum atomic E-state index is 12.6. The van der Waals surface area contributed by atoms with Crippen molar-refractivity contribution < 1.29 is 4.79 Å². The smallest absolute Gasteiger partial charge is 0.254 e. The molecular formula is C15H22ClNOS. The number of carbonyl (C=O) groups is 1. The number of hydrogen-bond donors (Lipinski definition) is 0. The molecule has 0 N–H and O–H groups in total. The Labute approximate surface area is 125 Å². The number of rotatable bonds is 7. The molecule has 0 heterocycles. The third-order valence-corrected chi connectivity index (χ3v) is 4.22. The first-order valence-electron chi connectivity index (χ1n) is 6.68. The molecule has 1 aromatic rings. The highest BCUT2D eigenvalue weighted by molar-refractivity contribution is 7.98. The Kier molecular flexibility index (Phi) is 7.32. The first kappa shape index (κ1) is 16.4. The van der Waals surface area contributed by atoms with Gasteiger partial charge in [-0.05, 0) is 43.4 Å². The second kappa shape index (κ2) is 8.49. The lowest BCUT2D eigenvalue weighted by Crippen LogP contribution is -2.41. The van der Waals surface area contributed by atoms with E-state index in [1.54, 1.807) is 11.8 Å². The maximum absolute atomic E-state index is 12.6. The van der Waals surface area contributed by atoms with Gasteiger partial charge in [0.25, 0.3) is 5.91 Å². The van der Waals surface area contributed by atoms with Crippen LogP contribution in [-0.4, -0.2) is 35.5 Å². The minimum absolute atomic E-state index is 0.0852. The molecule has 0 atom stereocenters. The Morgan fingerprint density at radius 2 is 1.84 bits per heavy atom. The van der Waals surface area contributed by atoms with Crippen LogP contribution >= 0.6 is 23.4 Å². The Hall–Kier alpha value is -0.670. The zero-order valence-electron chi connectivity index (χ0n) is 11.9. The fourth-order valence-corrected chi connectivity index (χ4v) is 2.76. The van der Waals surface area contributed by atoms with Gasteiger partial charge in [-0.25, -0.2) is 0 Å². The van der Waals surface area contributed by atoms with Crippen molar-refractivity contribution in [1.29, 1.82) is 0 Å². The molecule has 1 rings (SSSR count). The molecule has 0 radical (unpaired) electrons. The van der Waals surface area contributed by atoms with Crippen LogP contribution in [0.2, 0.25) is 0 Å². The van der Waals surface area contributed by atoms with Gasteiger partial charge < -0.3 is 4.90 Å². The summed E-state index contributed by atoms with van der Waals surface area (Å²) in [6, 6.07) is 8.05. The molecular weight excluding hydrogens is 278 g/mol. The average Bonchev–Trinajstić information content (AvgIpc) is 2.47. The summed E-state index contributed by atoms with van der Waals surface area (Å²) >= 11 is 7.51. The van der Waals surface area contributed by atoms with Crippen molar-refractivity contribution in [1.82, 2.24) is 4.90 Å². The Balaban J connectivity index is 2.91. The lowest BCUT2D eigenvalue weighted by molar-refractivity contribution is 0.0681. The number of thioether (sulfide) groups is 1. The number of nitrogens with zero attached hydrogens (tertiary/aromatic N) is 1. The van der Waals surface area contributed by atoms with Gasteiger partial charge in [0, 0.05) is 28.9 Å². The molecule has 106 valence electrons. The first-order chi connectivity index (χ1) is 9.17. The highest BCUT2D eigenvalue weighted by Crippen LogP contribution is 2.18. The van der Waals surface area contributed by atoms with Crippen molar-refractivity contribution in [3.05, 3.63) is 29.8 Å². The van der Waals surface area contributed by atoms with Gasteiger partial charge in [-0.3, -0.25) is 4.79 Å². The summed E-state index contributed by atoms with van der Waals surface area (Å²) in [4.78, 5) is 15.6. The first-order valence-corrected chi connectivity index (χ1v) is 8.44. The highest BCUT2D eigenvalue weighted by Gasteiger charge is 2.21. The van der Waals surface area contributed by atoms with E-state index in [4.69, 9.17) is 11.6 Å². The van der Waals surface area contributed by atoms with Crippen molar-refractivity contribution in [2.24, 2.45) is 0 Å². The van der Waals surface area contributed by atoms with Crippen molar-refractivity contribution in [3.63, 3.8) is 0 Å². The molecule has 0 spiro atoms. The van der Waals surface area contributed by atoms with Crippen molar-refractivity contribution in [2.45, 2.75) is 37.6 Å². The Bertz CT molecular complexity index is 390. The molecule has 1 aromatic carbocycles. The van der Waals surface area contributed by atoms with E-state index in [2.05, 4.69) is 13.8 Å². The SMILES string of the molecule is CCC(CC)N(CCCl)C(=O)c1ccc(SC)cc1. The summed E-state index contributed by atoms with van der Waals surface area (Å²) in [6.07, 6.45) is 3.95. The fourth-order valence-electron chi connectivity index (χ4n) is 2.17. The van der Waals surface area contributed by atoms with E-state index < -0.39 is 0 Å². The Morgan fingerprint density at radius 3 is 2.26 bits per heavy atom. The molecule has 2 nitrogen and oxygen atoms in total. The topological polar surface area (TPSA) is 20.3 Å². The second-order valence-corrected chi connectivity index (χ2v) is 5.64. The van der Waals surface area contributed by atoms with Crippen molar-refractivity contribution in [2.75, 3.05) is 18.7 Å². The van der Waals surface area contributed by atoms with Gasteiger partial charge in [0.15, 0.2) is 0 Å². The van der Waals surface area contributed by atoms with Crippen LogP contribution in [0.3, 0.4) is 0 Å². The van der Waals surface area contributed by atoms with Gasteiger partial charge in [0.05, 0.1) is 0 Å². The van der Waals surface area contributed by atoms with Crippen LogP contribution in [0.25, 0.3) is 0 Å². The molecule has 1 amide bonds. The van der Waals surface area contributed by atoms with Gasteiger partial charge in [-0.15, -0.1) is 23.4 Å². The van der Waals surface area contributed by atoms with E-state index in [-0.39, 0.29) is 11.9 Å². The van der Waals surface area contributed by atoms with E-state index in [1.807, 2.05) is 35.4 Å². The molecule has 19 heavy (non-hydrogen) atoms. The quantitative estimate of drug-likeness (QED) is 0.553. The molecule has 0 unspecified atom stereocenters. The summed E-state index contributed by atoms with van der Waals surface area (Å²) < 4.78 is 0. The van der Waals surface area contributed by atoms with E-state index in [0.717, 1.165) is 18.4 Å². The molecule has 0 aliphatic rings. The predicted molar refractivity (Wildman–Crippen MR) is 84.3 cm³/mol. The molecule has 4 heteroatoms. The number of hydrogen-bond acceptors (Lipinski definition) is 2. The normalized spacial score (nSPS) is 10.8. The highest BCUT2D eigenvalue weighted by atomic mass is 35.5. The van der Waals surface area contributed by atoms with Gasteiger partial charge in [0.2, 0.25) is 0 Å². The molecule has 0 aromatic heterocycles. The minimum atomic E-state index is 0.0852. The maximum Gasteiger partial charge on any atom is 0.254 e. The average molecular weight is 300 g/mol. The minimum Gasteiger partial charge on any atom is -0.334 e. The van der Waals surface area contributed by atoms with Gasteiger partial charge in [-0.2, -0.15) is 0 Å². The molecule has 0 saturated heterocycles. The number of halogens is 1. The summed E-state index contributed by atoms with van der Waals surface area (Å²) in [5, 5.41) is 0. The van der Waals surface area contributed by atoms with Gasteiger partial charge in [0.1, 0.15) is 0 Å². The van der Waals surface area contributed by atoms with E-state index in [1.165, 1.54) is 4.90 Å². The number of amides is 1. The lowest BCUT2D eigenvalue weighted by atomic mass is 10.1. The van der Waals surface area contributed by atoms with Crippen LogP contribution in [0.1, 0.15) is 37.0 Å². The number of carbonyl (C=O) groups excluding carboxylic acids is 1. The van der Waals surface area contributed by atoms with E-state index in [0.29, 0.717) is 12.4 Å². The molecule has 0 aliphatic carbocycles. The summed E-state index contributed by atoms with van der Waals surface area (Å²) in [6.45, 7) is 4.83. The fraction of sp³-hybridized carbons (Fsp3) is 0.533. The summed E-state index contributed by atoms with van der Waals surface area (Å²) in [5.74, 6) is 0.563. The van der Waals surface area contributed by atoms with Crippen molar-refractivity contribution >= 4 is 29.3 Å². The van der Waals surface area contributed by atoms with Gasteiger partial charge in [-0.1, -0.05) is 13.8 Å². The third-order valence-electron chi connectivity index (χ3n) is 3.31. The summed E-state index contributed by atoms with van der Waals surface area (Å²) in [5.41, 5.74) is 0.745. The molecule has 0 saturated carbocycles. The van der Waals surface area contributed by atoms with Crippen LogP contribution in [0, 0.1) is 0 Å². The van der Waals surface area contributed by atoms with Crippen LogP contribution in [-0.2, 0) is 0 Å². The van der Waals surface area contributed by atoms with Crippen LogP contribution in [0.15, 0.2) is 29.2 Å². The van der Waals surface area contributed by atoms with Gasteiger partial charge >= 0.3 is 0 Å².